The van der Waals surface area contributed by atoms with Crippen molar-refractivity contribution in [3.05, 3.63) is 78.9 Å². The van der Waals surface area contributed by atoms with Crippen molar-refractivity contribution >= 4 is 11.6 Å². The number of aliphatic imine (C=N–C) groups is 1. The zero-order valence-corrected chi connectivity index (χ0v) is 17.5. The van der Waals surface area contributed by atoms with Gasteiger partial charge < -0.3 is 19.3 Å². The van der Waals surface area contributed by atoms with Crippen LogP contribution in [-0.4, -0.2) is 25.2 Å². The second-order valence-electron chi connectivity index (χ2n) is 5.67. The molecule has 3 aromatic carbocycles. The highest BCUT2D eigenvalue weighted by Crippen LogP contribution is 2.20. The number of terminal acetylenes is 1. The molecule has 0 bridgehead atoms. The molecule has 0 spiro atoms. The molecule has 5 heteroatoms. The van der Waals surface area contributed by atoms with Crippen molar-refractivity contribution in [1.29, 1.82) is 0 Å². The van der Waals surface area contributed by atoms with E-state index in [1.54, 1.807) is 38.5 Å². The van der Waals surface area contributed by atoms with Gasteiger partial charge in [0.2, 0.25) is 0 Å². The van der Waals surface area contributed by atoms with Gasteiger partial charge in [-0.3, -0.25) is 0 Å². The van der Waals surface area contributed by atoms with E-state index in [4.69, 9.17) is 19.3 Å². The van der Waals surface area contributed by atoms with Crippen molar-refractivity contribution in [2.45, 2.75) is 13.3 Å². The fraction of sp³-hybridized carbons (Fsp3) is 0.160. The third kappa shape index (κ3) is 8.85. The average Bonchev–Trinajstić information content (AvgIpc) is 2.81. The summed E-state index contributed by atoms with van der Waals surface area (Å²) in [5.74, 6) is 3.20. The van der Waals surface area contributed by atoms with Gasteiger partial charge in [-0.25, -0.2) is 4.99 Å². The Bertz CT molecular complexity index is 903. The van der Waals surface area contributed by atoms with Gasteiger partial charge in [-0.1, -0.05) is 31.2 Å². The number of phenols is 1. The summed E-state index contributed by atoms with van der Waals surface area (Å²) in [6.07, 6.45) is 8.73. The number of benzene rings is 3. The van der Waals surface area contributed by atoms with Crippen molar-refractivity contribution in [2.75, 3.05) is 14.2 Å². The van der Waals surface area contributed by atoms with Crippen molar-refractivity contribution in [3.8, 4) is 35.8 Å². The Morgan fingerprint density at radius 1 is 0.800 bits per heavy atom. The number of hydrogen-bond acceptors (Lipinski definition) is 5. The number of rotatable bonds is 5. The molecule has 0 heterocycles. The van der Waals surface area contributed by atoms with E-state index in [2.05, 4.69) is 17.8 Å². The largest absolute Gasteiger partial charge is 0.508 e. The Balaban J connectivity index is 0.000000342. The molecule has 156 valence electrons. The Morgan fingerprint density at radius 2 is 1.40 bits per heavy atom. The summed E-state index contributed by atoms with van der Waals surface area (Å²) < 4.78 is 15.8. The molecule has 0 radical (unpaired) electrons. The predicted molar refractivity (Wildman–Crippen MR) is 122 cm³/mol. The molecule has 0 amide bonds. The van der Waals surface area contributed by atoms with Crippen LogP contribution in [0.4, 0.5) is 5.69 Å². The van der Waals surface area contributed by atoms with E-state index >= 15 is 0 Å². The van der Waals surface area contributed by atoms with Crippen LogP contribution in [0.15, 0.2) is 83.9 Å². The summed E-state index contributed by atoms with van der Waals surface area (Å²) in [4.78, 5) is 4.48. The highest BCUT2D eigenvalue weighted by molar-refractivity contribution is 5.81. The van der Waals surface area contributed by atoms with Crippen LogP contribution in [0, 0.1) is 12.8 Å². The van der Waals surface area contributed by atoms with Crippen LogP contribution in [0.25, 0.3) is 0 Å². The Labute approximate surface area is 178 Å². The third-order valence-electron chi connectivity index (χ3n) is 3.66. The lowest BCUT2D eigenvalue weighted by Gasteiger charge is -2.08. The number of ether oxygens (including phenoxy) is 3. The molecule has 30 heavy (non-hydrogen) atoms. The second kappa shape index (κ2) is 14.1. The van der Waals surface area contributed by atoms with E-state index in [0.29, 0.717) is 5.90 Å². The SMILES string of the molecule is C#C.CCC(=Nc1ccccc1)Oc1cccc(OC)c1.COc1ccc(O)cc1. The van der Waals surface area contributed by atoms with Gasteiger partial charge in [-0.05, 0) is 48.5 Å². The van der Waals surface area contributed by atoms with Gasteiger partial charge in [0.25, 0.3) is 0 Å². The minimum Gasteiger partial charge on any atom is -0.508 e. The molecular weight excluding hydrogens is 378 g/mol. The molecule has 5 nitrogen and oxygen atoms in total. The van der Waals surface area contributed by atoms with Crippen LogP contribution in [-0.2, 0) is 0 Å². The van der Waals surface area contributed by atoms with E-state index in [1.807, 2.05) is 61.5 Å². The number of phenolic OH excluding ortho intramolecular Hbond substituents is 1. The van der Waals surface area contributed by atoms with E-state index in [9.17, 15) is 0 Å². The molecule has 0 saturated carbocycles. The number of nitrogens with zero attached hydrogens (tertiary/aromatic N) is 1. The quantitative estimate of drug-likeness (QED) is 0.328. The van der Waals surface area contributed by atoms with Gasteiger partial charge >= 0.3 is 0 Å². The Morgan fingerprint density at radius 3 is 1.97 bits per heavy atom. The lowest BCUT2D eigenvalue weighted by molar-refractivity contribution is 0.411. The van der Waals surface area contributed by atoms with Crippen LogP contribution in [0.3, 0.4) is 0 Å². The number of hydrogen-bond donors (Lipinski definition) is 1. The number of para-hydroxylation sites is 1. The molecule has 0 aliphatic carbocycles. The molecule has 0 aliphatic heterocycles. The first-order valence-corrected chi connectivity index (χ1v) is 9.25. The van der Waals surface area contributed by atoms with Crippen molar-refractivity contribution in [3.63, 3.8) is 0 Å². The summed E-state index contributed by atoms with van der Waals surface area (Å²) in [6.45, 7) is 2.02. The molecule has 3 rings (SSSR count). The van der Waals surface area contributed by atoms with Crippen LogP contribution in [0.5, 0.6) is 23.0 Å². The molecule has 0 unspecified atom stereocenters. The van der Waals surface area contributed by atoms with E-state index in [-0.39, 0.29) is 5.75 Å². The molecule has 0 fully saturated rings. The van der Waals surface area contributed by atoms with Crippen LogP contribution in [0.1, 0.15) is 13.3 Å². The fourth-order valence-electron chi connectivity index (χ4n) is 2.20. The first-order chi connectivity index (χ1) is 14.6. The van der Waals surface area contributed by atoms with Crippen LogP contribution < -0.4 is 14.2 Å². The molecule has 0 aliphatic rings. The monoisotopic (exact) mass is 405 g/mol. The van der Waals surface area contributed by atoms with Gasteiger partial charge in [0.05, 0.1) is 19.9 Å². The topological polar surface area (TPSA) is 60.3 Å². The van der Waals surface area contributed by atoms with Gasteiger partial charge in [0.1, 0.15) is 23.0 Å². The summed E-state index contributed by atoms with van der Waals surface area (Å²) in [7, 11) is 3.23. The second-order valence-corrected chi connectivity index (χ2v) is 5.67. The van der Waals surface area contributed by atoms with Crippen molar-refractivity contribution < 1.29 is 19.3 Å². The lowest BCUT2D eigenvalue weighted by atomic mass is 10.3. The smallest absolute Gasteiger partial charge is 0.194 e. The summed E-state index contributed by atoms with van der Waals surface area (Å²) in [6, 6.07) is 23.9. The van der Waals surface area contributed by atoms with Crippen molar-refractivity contribution in [1.82, 2.24) is 0 Å². The first kappa shape index (κ1) is 24.1. The molecular formula is C25H27NO4. The van der Waals surface area contributed by atoms with Crippen LogP contribution in [0.2, 0.25) is 0 Å². The summed E-state index contributed by atoms with van der Waals surface area (Å²) in [5.41, 5.74) is 0.891. The third-order valence-corrected chi connectivity index (χ3v) is 3.66. The average molecular weight is 405 g/mol. The lowest BCUT2D eigenvalue weighted by Crippen LogP contribution is -2.06. The summed E-state index contributed by atoms with van der Waals surface area (Å²) >= 11 is 0. The van der Waals surface area contributed by atoms with E-state index < -0.39 is 0 Å². The maximum absolute atomic E-state index is 8.80. The van der Waals surface area contributed by atoms with Crippen molar-refractivity contribution in [2.24, 2.45) is 4.99 Å². The molecule has 0 atom stereocenters. The zero-order valence-electron chi connectivity index (χ0n) is 17.5. The molecule has 1 N–H and O–H groups in total. The zero-order chi connectivity index (χ0) is 22.2. The van der Waals surface area contributed by atoms with Crippen LogP contribution >= 0.6 is 0 Å². The van der Waals surface area contributed by atoms with E-state index in [1.165, 1.54) is 0 Å². The summed E-state index contributed by atoms with van der Waals surface area (Å²) in [5, 5.41) is 8.80. The molecule has 3 aromatic rings. The minimum atomic E-state index is 0.260. The fourth-order valence-corrected chi connectivity index (χ4v) is 2.20. The molecule has 0 aromatic heterocycles. The first-order valence-electron chi connectivity index (χ1n) is 9.25. The predicted octanol–water partition coefficient (Wildman–Crippen LogP) is 5.86. The van der Waals surface area contributed by atoms with Gasteiger partial charge in [-0.2, -0.15) is 0 Å². The molecule has 0 saturated heterocycles. The minimum absolute atomic E-state index is 0.260. The Hall–Kier alpha value is -3.91. The van der Waals surface area contributed by atoms with Gasteiger partial charge in [0, 0.05) is 12.5 Å². The van der Waals surface area contributed by atoms with Gasteiger partial charge in [0.15, 0.2) is 5.90 Å². The standard InChI is InChI=1S/C16H17NO2.C7H8O2.C2H2/c1-3-16(17-13-8-5-4-6-9-13)19-15-11-7-10-14(12-15)18-2;1-9-7-4-2-6(8)3-5-7;1-2/h4-12H,3H2,1-2H3;2-5,8H,1H3;1-2H. The van der Waals surface area contributed by atoms with E-state index in [0.717, 1.165) is 29.4 Å². The van der Waals surface area contributed by atoms with Gasteiger partial charge in [-0.15, -0.1) is 12.8 Å². The highest BCUT2D eigenvalue weighted by atomic mass is 16.5. The maximum atomic E-state index is 8.80. The maximum Gasteiger partial charge on any atom is 0.194 e. The Kier molecular flexibility index (Phi) is 11.4. The number of methoxy groups -OCH3 is 2. The normalized spacial score (nSPS) is 9.83. The highest BCUT2D eigenvalue weighted by Gasteiger charge is 2.02. The number of aromatic hydroxyl groups is 1.